The van der Waals surface area contributed by atoms with Gasteiger partial charge in [-0.2, -0.15) is 0 Å². The van der Waals surface area contributed by atoms with Crippen molar-refractivity contribution in [3.8, 4) is 0 Å². The number of nitrogens with zero attached hydrogens (tertiary/aromatic N) is 2. The van der Waals surface area contributed by atoms with Crippen molar-refractivity contribution in [3.63, 3.8) is 0 Å². The van der Waals surface area contributed by atoms with Crippen molar-refractivity contribution in [2.45, 2.75) is 33.6 Å². The van der Waals surface area contributed by atoms with Crippen molar-refractivity contribution in [1.82, 2.24) is 15.5 Å². The number of carbonyl (C=O) groups excluding carboxylic acids is 2. The lowest BCUT2D eigenvalue weighted by molar-refractivity contribution is -0.128. The van der Waals surface area contributed by atoms with Gasteiger partial charge in [0.15, 0.2) is 0 Å². The number of carbonyl (C=O) groups is 2. The second-order valence-electron chi connectivity index (χ2n) is 6.61. The Morgan fingerprint density at radius 1 is 1.24 bits per heavy atom. The summed E-state index contributed by atoms with van der Waals surface area (Å²) in [7, 11) is 0. The average molecular weight is 364 g/mol. The first kappa shape index (κ1) is 19.0. The number of rotatable bonds is 6. The number of hydrogen-bond acceptors (Lipinski definition) is 5. The zero-order valence-electron chi connectivity index (χ0n) is 14.4. The lowest BCUT2D eigenvalue weighted by Gasteiger charge is -2.17. The molecule has 0 radical (unpaired) electrons. The summed E-state index contributed by atoms with van der Waals surface area (Å²) >= 11 is 1.24. The van der Waals surface area contributed by atoms with Gasteiger partial charge >= 0.3 is 0 Å². The minimum atomic E-state index is -0.485. The minimum Gasteiger partial charge on any atom is -0.355 e. The molecule has 0 aliphatic heterocycles. The van der Waals surface area contributed by atoms with Crippen LogP contribution >= 0.6 is 11.3 Å². The first-order valence-corrected chi connectivity index (χ1v) is 8.70. The number of halogens is 1. The molecule has 0 atom stereocenters. The molecule has 0 fully saturated rings. The number of aromatic nitrogens is 2. The molecule has 0 saturated heterocycles. The van der Waals surface area contributed by atoms with Crippen LogP contribution in [0.3, 0.4) is 0 Å². The van der Waals surface area contributed by atoms with Crippen molar-refractivity contribution < 1.29 is 14.0 Å². The number of benzene rings is 1. The number of nitrogens with one attached hydrogen (secondary N) is 2. The van der Waals surface area contributed by atoms with Gasteiger partial charge in [0.25, 0.3) is 0 Å². The minimum absolute atomic E-state index is 0.103. The van der Waals surface area contributed by atoms with Gasteiger partial charge in [-0.15, -0.1) is 10.2 Å². The van der Waals surface area contributed by atoms with E-state index in [2.05, 4.69) is 20.8 Å². The molecule has 2 amide bonds. The van der Waals surface area contributed by atoms with E-state index in [1.54, 1.807) is 12.1 Å². The van der Waals surface area contributed by atoms with Crippen molar-refractivity contribution >= 4 is 28.3 Å². The summed E-state index contributed by atoms with van der Waals surface area (Å²) in [5.41, 5.74) is 0.306. The molecule has 0 unspecified atom stereocenters. The van der Waals surface area contributed by atoms with Gasteiger partial charge in [0, 0.05) is 24.8 Å². The molecular formula is C17H21FN4O2S. The lowest BCUT2D eigenvalue weighted by atomic mass is 9.96. The highest BCUT2D eigenvalue weighted by molar-refractivity contribution is 7.15. The summed E-state index contributed by atoms with van der Waals surface area (Å²) in [5.74, 6) is -0.649. The van der Waals surface area contributed by atoms with Crippen LogP contribution in [0.4, 0.5) is 9.52 Å². The molecule has 1 aromatic carbocycles. The maximum atomic E-state index is 13.2. The molecule has 0 bridgehead atoms. The molecule has 0 spiro atoms. The first-order chi connectivity index (χ1) is 11.7. The van der Waals surface area contributed by atoms with E-state index in [0.717, 1.165) is 5.56 Å². The van der Waals surface area contributed by atoms with E-state index in [4.69, 9.17) is 0 Å². The van der Waals surface area contributed by atoms with Gasteiger partial charge in [-0.3, -0.25) is 9.59 Å². The lowest BCUT2D eigenvalue weighted by Crippen LogP contribution is -2.36. The van der Waals surface area contributed by atoms with Gasteiger partial charge in [-0.25, -0.2) is 4.39 Å². The molecule has 1 aromatic heterocycles. The Hall–Kier alpha value is -2.35. The summed E-state index contributed by atoms with van der Waals surface area (Å²) in [6.07, 6.45) is 0.605. The smallest absolute Gasteiger partial charge is 0.227 e. The molecule has 25 heavy (non-hydrogen) atoms. The Bertz CT molecular complexity index is 755. The zero-order valence-corrected chi connectivity index (χ0v) is 15.2. The fourth-order valence-electron chi connectivity index (χ4n) is 1.93. The second-order valence-corrected chi connectivity index (χ2v) is 7.67. The van der Waals surface area contributed by atoms with Crippen LogP contribution in [-0.2, 0) is 16.0 Å². The largest absolute Gasteiger partial charge is 0.355 e. The SMILES string of the molecule is CC(C)(C)C(=O)NCCC(=O)Nc1nnc(Cc2cccc(F)c2)s1. The fraction of sp³-hybridized carbons (Fsp3) is 0.412. The Morgan fingerprint density at radius 3 is 2.68 bits per heavy atom. The Morgan fingerprint density at radius 2 is 2.00 bits per heavy atom. The average Bonchev–Trinajstić information content (AvgIpc) is 2.93. The van der Waals surface area contributed by atoms with E-state index in [0.29, 0.717) is 16.6 Å². The molecule has 134 valence electrons. The number of amides is 2. The Balaban J connectivity index is 1.80. The highest BCUT2D eigenvalue weighted by atomic mass is 32.1. The van der Waals surface area contributed by atoms with Crippen LogP contribution in [0, 0.1) is 11.2 Å². The van der Waals surface area contributed by atoms with Crippen LogP contribution in [0.2, 0.25) is 0 Å². The van der Waals surface area contributed by atoms with Crippen LogP contribution in [0.1, 0.15) is 37.8 Å². The number of hydrogen-bond donors (Lipinski definition) is 2. The zero-order chi connectivity index (χ0) is 18.4. The van der Waals surface area contributed by atoms with Crippen LogP contribution in [0.25, 0.3) is 0 Å². The van der Waals surface area contributed by atoms with Crippen LogP contribution in [0.15, 0.2) is 24.3 Å². The molecule has 0 aliphatic rings. The van der Waals surface area contributed by atoms with Gasteiger partial charge in [0.05, 0.1) is 0 Å². The molecule has 2 rings (SSSR count). The van der Waals surface area contributed by atoms with Crippen LogP contribution < -0.4 is 10.6 Å². The third-order valence-electron chi connectivity index (χ3n) is 3.28. The van der Waals surface area contributed by atoms with Crippen LogP contribution in [0.5, 0.6) is 0 Å². The summed E-state index contributed by atoms with van der Waals surface area (Å²) in [6.45, 7) is 5.69. The van der Waals surface area contributed by atoms with Gasteiger partial charge in [0.2, 0.25) is 16.9 Å². The van der Waals surface area contributed by atoms with Gasteiger partial charge in [-0.05, 0) is 17.7 Å². The van der Waals surface area contributed by atoms with Crippen molar-refractivity contribution in [1.29, 1.82) is 0 Å². The summed E-state index contributed by atoms with van der Waals surface area (Å²) in [4.78, 5) is 23.6. The van der Waals surface area contributed by atoms with Crippen molar-refractivity contribution in [3.05, 3.63) is 40.7 Å². The summed E-state index contributed by atoms with van der Waals surface area (Å²) in [6, 6.07) is 6.27. The Kier molecular flexibility index (Phi) is 6.19. The second kappa shape index (κ2) is 8.15. The van der Waals surface area contributed by atoms with Crippen LogP contribution in [-0.4, -0.2) is 28.6 Å². The van der Waals surface area contributed by atoms with Crippen molar-refractivity contribution in [2.75, 3.05) is 11.9 Å². The molecule has 6 nitrogen and oxygen atoms in total. The van der Waals surface area contributed by atoms with E-state index in [-0.39, 0.29) is 30.6 Å². The van der Waals surface area contributed by atoms with E-state index in [1.807, 2.05) is 20.8 Å². The monoisotopic (exact) mass is 364 g/mol. The van der Waals surface area contributed by atoms with Crippen molar-refractivity contribution in [2.24, 2.45) is 5.41 Å². The maximum Gasteiger partial charge on any atom is 0.227 e. The van der Waals surface area contributed by atoms with Gasteiger partial charge in [0.1, 0.15) is 10.8 Å². The third-order valence-corrected chi connectivity index (χ3v) is 4.12. The molecule has 1 heterocycles. The van der Waals surface area contributed by atoms with E-state index >= 15 is 0 Å². The van der Waals surface area contributed by atoms with E-state index in [1.165, 1.54) is 23.5 Å². The predicted molar refractivity (Wildman–Crippen MR) is 94.8 cm³/mol. The van der Waals surface area contributed by atoms with Gasteiger partial charge < -0.3 is 10.6 Å². The van der Waals surface area contributed by atoms with Gasteiger partial charge in [-0.1, -0.05) is 44.2 Å². The molecule has 2 aromatic rings. The molecule has 2 N–H and O–H groups in total. The first-order valence-electron chi connectivity index (χ1n) is 7.89. The quantitative estimate of drug-likeness (QED) is 0.825. The summed E-state index contributed by atoms with van der Waals surface area (Å²) in [5, 5.41) is 14.3. The number of anilines is 1. The molecule has 0 saturated carbocycles. The highest BCUT2D eigenvalue weighted by Gasteiger charge is 2.20. The highest BCUT2D eigenvalue weighted by Crippen LogP contribution is 2.19. The maximum absolute atomic E-state index is 13.2. The van der Waals surface area contributed by atoms with E-state index < -0.39 is 5.41 Å². The third kappa shape index (κ3) is 6.22. The molecule has 0 aliphatic carbocycles. The summed E-state index contributed by atoms with van der Waals surface area (Å²) < 4.78 is 13.2. The standard InChI is InChI=1S/C17H21FN4O2S/c1-17(2,3)15(24)19-8-7-13(23)20-16-22-21-14(25-16)10-11-5-4-6-12(18)9-11/h4-6,9H,7-8,10H2,1-3H3,(H,19,24)(H,20,22,23). The Labute approximate surface area is 149 Å². The predicted octanol–water partition coefficient (Wildman–Crippen LogP) is 2.76. The molecule has 8 heteroatoms. The topological polar surface area (TPSA) is 84.0 Å². The normalized spacial score (nSPS) is 11.2. The van der Waals surface area contributed by atoms with E-state index in [9.17, 15) is 14.0 Å². The fourth-order valence-corrected chi connectivity index (χ4v) is 2.72. The molecular weight excluding hydrogens is 343 g/mol.